The number of hydrogen-bond acceptors (Lipinski definition) is 5. The summed E-state index contributed by atoms with van der Waals surface area (Å²) in [5, 5.41) is 5.58. The predicted octanol–water partition coefficient (Wildman–Crippen LogP) is 3.51. The minimum absolute atomic E-state index is 0.321. The van der Waals surface area contributed by atoms with Crippen LogP contribution in [0.3, 0.4) is 0 Å². The molecule has 1 N–H and O–H groups in total. The molecule has 0 unspecified atom stereocenters. The number of rotatable bonds is 6. The quantitative estimate of drug-likeness (QED) is 0.549. The molecule has 0 saturated heterocycles. The number of furan rings is 1. The van der Waals surface area contributed by atoms with Crippen molar-refractivity contribution in [1.29, 1.82) is 0 Å². The van der Waals surface area contributed by atoms with Crippen LogP contribution in [0.2, 0.25) is 0 Å². The third-order valence-electron chi connectivity index (χ3n) is 4.69. The van der Waals surface area contributed by atoms with E-state index in [-0.39, 0.29) is 5.63 Å². The highest BCUT2D eigenvalue weighted by atomic mass is 16.4. The Kier molecular flexibility index (Phi) is 4.97. The van der Waals surface area contributed by atoms with Crippen LogP contribution in [-0.2, 0) is 6.54 Å². The van der Waals surface area contributed by atoms with E-state index >= 15 is 0 Å². The van der Waals surface area contributed by atoms with Crippen LogP contribution in [0, 0.1) is 20.8 Å². The standard InChI is InChI=1S/C20H26N2O3/c1-12-9-18(23)25-19-13(2)20-16(10-15(12)19)17(14(3)24-20)11-21-7-6-8-22(4)5/h9-10,21H,6-8,11H2,1-5H3. The lowest BCUT2D eigenvalue weighted by Crippen LogP contribution is -2.21. The summed E-state index contributed by atoms with van der Waals surface area (Å²) < 4.78 is 11.4. The van der Waals surface area contributed by atoms with Gasteiger partial charge in [0.2, 0.25) is 0 Å². The van der Waals surface area contributed by atoms with Crippen molar-refractivity contribution in [3.63, 3.8) is 0 Å². The number of nitrogens with one attached hydrogen (secondary N) is 1. The molecule has 5 nitrogen and oxygen atoms in total. The van der Waals surface area contributed by atoms with E-state index in [1.54, 1.807) is 6.07 Å². The lowest BCUT2D eigenvalue weighted by Gasteiger charge is -2.10. The fourth-order valence-corrected chi connectivity index (χ4v) is 3.30. The molecule has 3 aromatic rings. The first-order valence-electron chi connectivity index (χ1n) is 8.70. The van der Waals surface area contributed by atoms with Crippen LogP contribution in [0.25, 0.3) is 21.9 Å². The minimum atomic E-state index is -0.321. The van der Waals surface area contributed by atoms with Crippen LogP contribution in [0.1, 0.15) is 28.9 Å². The third-order valence-corrected chi connectivity index (χ3v) is 4.69. The summed E-state index contributed by atoms with van der Waals surface area (Å²) in [5.74, 6) is 0.911. The highest BCUT2D eigenvalue weighted by molar-refractivity contribution is 5.99. The molecule has 2 aromatic heterocycles. The van der Waals surface area contributed by atoms with Crippen molar-refractivity contribution in [2.24, 2.45) is 0 Å². The number of aryl methyl sites for hydroxylation is 3. The number of hydrogen-bond donors (Lipinski definition) is 1. The molecule has 0 saturated carbocycles. The van der Waals surface area contributed by atoms with Gasteiger partial charge in [-0.05, 0) is 66.0 Å². The van der Waals surface area contributed by atoms with Gasteiger partial charge in [0.05, 0.1) is 0 Å². The fraction of sp³-hybridized carbons (Fsp3) is 0.450. The zero-order valence-electron chi connectivity index (χ0n) is 15.7. The Morgan fingerprint density at radius 1 is 1.04 bits per heavy atom. The SMILES string of the molecule is Cc1oc2c(C)c3oc(=O)cc(C)c3cc2c1CNCCCN(C)C. The van der Waals surface area contributed by atoms with E-state index in [9.17, 15) is 4.79 Å². The maximum atomic E-state index is 11.7. The molecule has 1 aromatic carbocycles. The van der Waals surface area contributed by atoms with Crippen molar-refractivity contribution in [3.8, 4) is 0 Å². The highest BCUT2D eigenvalue weighted by Gasteiger charge is 2.17. The summed E-state index contributed by atoms with van der Waals surface area (Å²) in [6.07, 6.45) is 1.11. The molecule has 3 rings (SSSR count). The predicted molar refractivity (Wildman–Crippen MR) is 101 cm³/mol. The monoisotopic (exact) mass is 342 g/mol. The van der Waals surface area contributed by atoms with Crippen molar-refractivity contribution in [2.75, 3.05) is 27.2 Å². The van der Waals surface area contributed by atoms with Gasteiger partial charge in [0, 0.05) is 34.5 Å². The second-order valence-corrected chi connectivity index (χ2v) is 6.97. The number of nitrogens with zero attached hydrogens (tertiary/aromatic N) is 1. The van der Waals surface area contributed by atoms with Crippen molar-refractivity contribution < 1.29 is 8.83 Å². The Hall–Kier alpha value is -2.11. The molecule has 25 heavy (non-hydrogen) atoms. The zero-order chi connectivity index (χ0) is 18.1. The second-order valence-electron chi connectivity index (χ2n) is 6.97. The lowest BCUT2D eigenvalue weighted by atomic mass is 10.0. The summed E-state index contributed by atoms with van der Waals surface area (Å²) in [4.78, 5) is 13.9. The van der Waals surface area contributed by atoms with Gasteiger partial charge >= 0.3 is 5.63 Å². The first kappa shape index (κ1) is 17.7. The van der Waals surface area contributed by atoms with Gasteiger partial charge < -0.3 is 19.1 Å². The molecule has 0 aliphatic rings. The van der Waals surface area contributed by atoms with Gasteiger partial charge in [-0.2, -0.15) is 0 Å². The van der Waals surface area contributed by atoms with Gasteiger partial charge in [-0.15, -0.1) is 0 Å². The Bertz CT molecular complexity index is 967. The number of benzene rings is 1. The van der Waals surface area contributed by atoms with E-state index < -0.39 is 0 Å². The Labute approximate surface area is 147 Å². The molecular formula is C20H26N2O3. The van der Waals surface area contributed by atoms with E-state index in [1.807, 2.05) is 20.8 Å². The van der Waals surface area contributed by atoms with Crippen molar-refractivity contribution in [3.05, 3.63) is 45.0 Å². The Morgan fingerprint density at radius 2 is 1.76 bits per heavy atom. The maximum Gasteiger partial charge on any atom is 0.336 e. The molecule has 0 radical (unpaired) electrons. The van der Waals surface area contributed by atoms with Gasteiger partial charge in [-0.1, -0.05) is 0 Å². The third kappa shape index (κ3) is 3.48. The van der Waals surface area contributed by atoms with Gasteiger partial charge in [0.25, 0.3) is 0 Å². The van der Waals surface area contributed by atoms with E-state index in [0.717, 1.165) is 59.3 Å². The van der Waals surface area contributed by atoms with Crippen LogP contribution in [-0.4, -0.2) is 32.1 Å². The van der Waals surface area contributed by atoms with Crippen LogP contribution in [0.4, 0.5) is 0 Å². The molecule has 5 heteroatoms. The fourth-order valence-electron chi connectivity index (χ4n) is 3.30. The summed E-state index contributed by atoms with van der Waals surface area (Å²) in [7, 11) is 4.17. The molecule has 0 bridgehead atoms. The van der Waals surface area contributed by atoms with Gasteiger partial charge in [-0.3, -0.25) is 0 Å². The van der Waals surface area contributed by atoms with Crippen molar-refractivity contribution in [1.82, 2.24) is 10.2 Å². The van der Waals surface area contributed by atoms with Gasteiger partial charge in [0.1, 0.15) is 16.9 Å². The maximum absolute atomic E-state index is 11.7. The smallest absolute Gasteiger partial charge is 0.336 e. The first-order chi connectivity index (χ1) is 11.9. The summed E-state index contributed by atoms with van der Waals surface area (Å²) in [5.41, 5.74) is 4.10. The zero-order valence-corrected chi connectivity index (χ0v) is 15.7. The van der Waals surface area contributed by atoms with E-state index in [1.165, 1.54) is 5.56 Å². The van der Waals surface area contributed by atoms with E-state index in [2.05, 4.69) is 30.4 Å². The Balaban J connectivity index is 1.97. The van der Waals surface area contributed by atoms with Crippen LogP contribution in [0.15, 0.2) is 25.8 Å². The molecule has 2 heterocycles. The largest absolute Gasteiger partial charge is 0.461 e. The van der Waals surface area contributed by atoms with Crippen LogP contribution in [0.5, 0.6) is 0 Å². The van der Waals surface area contributed by atoms with Crippen LogP contribution >= 0.6 is 0 Å². The normalized spacial score (nSPS) is 11.9. The molecule has 0 fully saturated rings. The summed E-state index contributed by atoms with van der Waals surface area (Å²) in [6, 6.07) is 3.63. The van der Waals surface area contributed by atoms with Gasteiger partial charge in [0.15, 0.2) is 0 Å². The molecule has 0 amide bonds. The Morgan fingerprint density at radius 3 is 2.48 bits per heavy atom. The lowest BCUT2D eigenvalue weighted by molar-refractivity contribution is 0.394. The van der Waals surface area contributed by atoms with E-state index in [0.29, 0.717) is 5.58 Å². The average Bonchev–Trinajstić information content (AvgIpc) is 2.85. The molecule has 0 aliphatic heterocycles. The first-order valence-corrected chi connectivity index (χ1v) is 8.70. The highest BCUT2D eigenvalue weighted by Crippen LogP contribution is 2.34. The molecular weight excluding hydrogens is 316 g/mol. The van der Waals surface area contributed by atoms with Crippen molar-refractivity contribution in [2.45, 2.75) is 33.7 Å². The summed E-state index contributed by atoms with van der Waals surface area (Å²) in [6.45, 7) is 8.68. The van der Waals surface area contributed by atoms with Crippen LogP contribution < -0.4 is 10.9 Å². The molecule has 134 valence electrons. The topological polar surface area (TPSA) is 58.6 Å². The van der Waals surface area contributed by atoms with Crippen molar-refractivity contribution >= 4 is 21.9 Å². The average molecular weight is 342 g/mol. The minimum Gasteiger partial charge on any atom is -0.461 e. The molecule has 0 spiro atoms. The summed E-state index contributed by atoms with van der Waals surface area (Å²) >= 11 is 0. The van der Waals surface area contributed by atoms with Gasteiger partial charge in [-0.25, -0.2) is 4.79 Å². The molecule has 0 aliphatic carbocycles. The number of fused-ring (bicyclic) bond motifs is 2. The van der Waals surface area contributed by atoms with E-state index in [4.69, 9.17) is 8.83 Å². The molecule has 0 atom stereocenters. The second kappa shape index (κ2) is 7.02.